The number of nitrogens with zero attached hydrogens (tertiary/aromatic N) is 3. The SMILES string of the molecule is O=C(CN(CCCN1CCOCC1)S(=O)(=O)Cc1ccccc1)N(Cc1ccc(F)cc1)Cc1ccco1. The number of hydrogen-bond donors (Lipinski definition) is 0. The maximum atomic E-state index is 13.6. The fourth-order valence-electron chi connectivity index (χ4n) is 4.37. The Hall–Kier alpha value is -3.05. The average molecular weight is 544 g/mol. The lowest BCUT2D eigenvalue weighted by Gasteiger charge is -2.29. The van der Waals surface area contributed by atoms with Gasteiger partial charge in [0.15, 0.2) is 0 Å². The van der Waals surface area contributed by atoms with E-state index >= 15 is 0 Å². The van der Waals surface area contributed by atoms with E-state index in [0.29, 0.717) is 31.0 Å². The van der Waals surface area contributed by atoms with E-state index in [0.717, 1.165) is 25.2 Å². The Kier molecular flexibility index (Phi) is 10.1. The molecule has 1 aromatic heterocycles. The van der Waals surface area contributed by atoms with Crippen LogP contribution in [-0.2, 0) is 38.4 Å². The third kappa shape index (κ3) is 8.49. The molecule has 1 aliphatic heterocycles. The fourth-order valence-corrected chi connectivity index (χ4v) is 5.88. The van der Waals surface area contributed by atoms with Gasteiger partial charge in [-0.1, -0.05) is 42.5 Å². The van der Waals surface area contributed by atoms with Crippen LogP contribution in [0.4, 0.5) is 4.39 Å². The molecule has 0 saturated carbocycles. The topological polar surface area (TPSA) is 83.3 Å². The quantitative estimate of drug-likeness (QED) is 0.328. The van der Waals surface area contributed by atoms with Crippen molar-refractivity contribution in [2.45, 2.75) is 25.3 Å². The van der Waals surface area contributed by atoms with Crippen molar-refractivity contribution in [2.24, 2.45) is 0 Å². The number of ether oxygens (including phenoxy) is 1. The van der Waals surface area contributed by atoms with Gasteiger partial charge in [-0.25, -0.2) is 12.8 Å². The third-order valence-electron chi connectivity index (χ3n) is 6.45. The minimum Gasteiger partial charge on any atom is -0.467 e. The Morgan fingerprint density at radius 2 is 1.66 bits per heavy atom. The molecule has 0 N–H and O–H groups in total. The first-order valence-corrected chi connectivity index (χ1v) is 14.4. The number of furan rings is 1. The summed E-state index contributed by atoms with van der Waals surface area (Å²) in [4.78, 5) is 17.4. The van der Waals surface area contributed by atoms with Crippen LogP contribution in [-0.4, -0.2) is 74.4 Å². The largest absolute Gasteiger partial charge is 0.467 e. The monoisotopic (exact) mass is 543 g/mol. The van der Waals surface area contributed by atoms with E-state index in [1.165, 1.54) is 22.7 Å². The van der Waals surface area contributed by atoms with Crippen molar-refractivity contribution in [3.05, 3.63) is 95.7 Å². The van der Waals surface area contributed by atoms with Crippen LogP contribution in [0.5, 0.6) is 0 Å². The lowest BCUT2D eigenvalue weighted by Crippen LogP contribution is -2.44. The number of carbonyl (C=O) groups is 1. The summed E-state index contributed by atoms with van der Waals surface area (Å²) in [5, 5.41) is 0. The highest BCUT2D eigenvalue weighted by atomic mass is 32.2. The molecule has 2 heterocycles. The van der Waals surface area contributed by atoms with Crippen molar-refractivity contribution in [3.63, 3.8) is 0 Å². The van der Waals surface area contributed by atoms with Crippen LogP contribution >= 0.6 is 0 Å². The van der Waals surface area contributed by atoms with Crippen molar-refractivity contribution in [1.29, 1.82) is 0 Å². The molecule has 1 fully saturated rings. The molecule has 0 bridgehead atoms. The number of carbonyl (C=O) groups excluding carboxylic acids is 1. The van der Waals surface area contributed by atoms with Gasteiger partial charge in [-0.15, -0.1) is 0 Å². The Labute approximate surface area is 223 Å². The summed E-state index contributed by atoms with van der Waals surface area (Å²) in [7, 11) is -3.78. The molecule has 0 atom stereocenters. The molecule has 0 spiro atoms. The Bertz CT molecular complexity index is 1230. The van der Waals surface area contributed by atoms with Gasteiger partial charge in [0.25, 0.3) is 0 Å². The van der Waals surface area contributed by atoms with Crippen LogP contribution in [0, 0.1) is 5.82 Å². The number of hydrogen-bond acceptors (Lipinski definition) is 6. The van der Waals surface area contributed by atoms with Crippen LogP contribution in [0.15, 0.2) is 77.4 Å². The van der Waals surface area contributed by atoms with E-state index in [1.807, 2.05) is 6.07 Å². The number of benzene rings is 2. The molecular formula is C28H34FN3O5S. The van der Waals surface area contributed by atoms with Crippen LogP contribution in [0.3, 0.4) is 0 Å². The van der Waals surface area contributed by atoms with Crippen molar-refractivity contribution >= 4 is 15.9 Å². The predicted octanol–water partition coefficient (Wildman–Crippen LogP) is 3.50. The van der Waals surface area contributed by atoms with Crippen molar-refractivity contribution in [3.8, 4) is 0 Å². The highest BCUT2D eigenvalue weighted by molar-refractivity contribution is 7.88. The molecule has 10 heteroatoms. The molecule has 8 nitrogen and oxygen atoms in total. The smallest absolute Gasteiger partial charge is 0.238 e. The van der Waals surface area contributed by atoms with Gasteiger partial charge in [0, 0.05) is 26.2 Å². The highest BCUT2D eigenvalue weighted by Gasteiger charge is 2.28. The molecule has 1 saturated heterocycles. The van der Waals surface area contributed by atoms with Crippen molar-refractivity contribution < 1.29 is 26.8 Å². The maximum absolute atomic E-state index is 13.6. The molecule has 2 aromatic carbocycles. The number of sulfonamides is 1. The van der Waals surface area contributed by atoms with Gasteiger partial charge >= 0.3 is 0 Å². The summed E-state index contributed by atoms with van der Waals surface area (Å²) in [6.07, 6.45) is 2.12. The van der Waals surface area contributed by atoms with E-state index in [9.17, 15) is 17.6 Å². The van der Waals surface area contributed by atoms with Crippen molar-refractivity contribution in [2.75, 3.05) is 45.9 Å². The molecule has 1 amide bonds. The second kappa shape index (κ2) is 13.7. The summed E-state index contributed by atoms with van der Waals surface area (Å²) < 4.78 is 52.6. The van der Waals surface area contributed by atoms with Crippen LogP contribution < -0.4 is 0 Å². The van der Waals surface area contributed by atoms with Gasteiger partial charge < -0.3 is 14.1 Å². The van der Waals surface area contributed by atoms with E-state index in [4.69, 9.17) is 9.15 Å². The zero-order valence-corrected chi connectivity index (χ0v) is 22.2. The van der Waals surface area contributed by atoms with E-state index in [1.54, 1.807) is 53.4 Å². The van der Waals surface area contributed by atoms with Crippen molar-refractivity contribution in [1.82, 2.24) is 14.1 Å². The highest BCUT2D eigenvalue weighted by Crippen LogP contribution is 2.16. The van der Waals surface area contributed by atoms with Gasteiger partial charge in [0.1, 0.15) is 11.6 Å². The van der Waals surface area contributed by atoms with E-state index in [-0.39, 0.29) is 43.7 Å². The Morgan fingerprint density at radius 1 is 0.921 bits per heavy atom. The zero-order chi connectivity index (χ0) is 26.8. The first-order valence-electron chi connectivity index (χ1n) is 12.8. The van der Waals surface area contributed by atoms with Gasteiger partial charge in [0.2, 0.25) is 15.9 Å². The molecule has 38 heavy (non-hydrogen) atoms. The minimum absolute atomic E-state index is 0.170. The Balaban J connectivity index is 1.50. The summed E-state index contributed by atoms with van der Waals surface area (Å²) in [6.45, 7) is 3.97. The summed E-state index contributed by atoms with van der Waals surface area (Å²) >= 11 is 0. The first kappa shape index (κ1) is 28.0. The Morgan fingerprint density at radius 3 is 2.34 bits per heavy atom. The van der Waals surface area contributed by atoms with Gasteiger partial charge in [-0.3, -0.25) is 9.69 Å². The number of rotatable bonds is 13. The maximum Gasteiger partial charge on any atom is 0.238 e. The van der Waals surface area contributed by atoms with E-state index < -0.39 is 10.0 Å². The van der Waals surface area contributed by atoms with Gasteiger partial charge in [0.05, 0.1) is 38.3 Å². The molecule has 1 aliphatic rings. The molecule has 4 rings (SSSR count). The summed E-state index contributed by atoms with van der Waals surface area (Å²) in [6, 6.07) is 18.4. The van der Waals surface area contributed by atoms with Crippen LogP contribution in [0.2, 0.25) is 0 Å². The third-order valence-corrected chi connectivity index (χ3v) is 8.25. The number of morpholine rings is 1. The lowest BCUT2D eigenvalue weighted by molar-refractivity contribution is -0.133. The molecule has 204 valence electrons. The molecule has 0 aliphatic carbocycles. The number of halogens is 1. The average Bonchev–Trinajstić information content (AvgIpc) is 3.43. The molecular weight excluding hydrogens is 509 g/mol. The molecule has 0 unspecified atom stereocenters. The molecule has 0 radical (unpaired) electrons. The van der Waals surface area contributed by atoms with Gasteiger partial charge in [-0.05, 0) is 48.4 Å². The first-order chi connectivity index (χ1) is 18.4. The normalized spacial score (nSPS) is 14.6. The zero-order valence-electron chi connectivity index (χ0n) is 21.4. The molecule has 3 aromatic rings. The van der Waals surface area contributed by atoms with E-state index in [2.05, 4.69) is 4.90 Å². The van der Waals surface area contributed by atoms with Crippen LogP contribution in [0.1, 0.15) is 23.3 Å². The lowest BCUT2D eigenvalue weighted by atomic mass is 10.2. The summed E-state index contributed by atoms with van der Waals surface area (Å²) in [5.41, 5.74) is 1.40. The second-order valence-corrected chi connectivity index (χ2v) is 11.3. The second-order valence-electron chi connectivity index (χ2n) is 9.34. The van der Waals surface area contributed by atoms with Gasteiger partial charge in [-0.2, -0.15) is 4.31 Å². The standard InChI is InChI=1S/C28H34FN3O5S/c29-26-11-9-24(10-12-26)20-31(21-27-8-4-17-37-27)28(33)22-32(14-5-13-30-15-18-36-19-16-30)38(34,35)23-25-6-2-1-3-7-25/h1-4,6-12,17H,5,13-16,18-23H2. The number of amides is 1. The fraction of sp³-hybridized carbons (Fsp3) is 0.393. The van der Waals surface area contributed by atoms with Crippen LogP contribution in [0.25, 0.3) is 0 Å². The minimum atomic E-state index is -3.78. The summed E-state index contributed by atoms with van der Waals surface area (Å²) in [5.74, 6) is -0.328. The predicted molar refractivity (Wildman–Crippen MR) is 142 cm³/mol.